The minimum Gasteiger partial charge on any atom is -0.361 e. The van der Waals surface area contributed by atoms with Crippen molar-refractivity contribution in [3.05, 3.63) is 46.8 Å². The molecule has 2 N–H and O–H groups in total. The summed E-state index contributed by atoms with van der Waals surface area (Å²) in [7, 11) is 0. The van der Waals surface area contributed by atoms with Crippen LogP contribution in [0.4, 0.5) is 10.8 Å². The number of benzene rings is 1. The second kappa shape index (κ2) is 8.30. The molecule has 0 aliphatic carbocycles. The second-order valence-electron chi connectivity index (χ2n) is 5.00. The van der Waals surface area contributed by atoms with Crippen molar-refractivity contribution >= 4 is 57.3 Å². The number of aromatic nitrogens is 3. The molecule has 0 saturated heterocycles. The van der Waals surface area contributed by atoms with Crippen LogP contribution in [0.3, 0.4) is 0 Å². The standard InChI is InChI=1S/C15H12ClN5O3S2/c1-8-5-11(21-24-8)13(23)18-14-19-20-15(26-14)25-7-12(22)17-10-4-2-3-9(16)6-10/h2-6H,7H2,1H3,(H,17,22)(H,18,19,23). The van der Waals surface area contributed by atoms with Gasteiger partial charge in [-0.15, -0.1) is 10.2 Å². The quantitative estimate of drug-likeness (QED) is 0.473. The van der Waals surface area contributed by atoms with Crippen molar-refractivity contribution in [3.8, 4) is 0 Å². The van der Waals surface area contributed by atoms with Gasteiger partial charge in [-0.1, -0.05) is 45.9 Å². The number of carbonyl (C=O) groups excluding carboxylic acids is 2. The molecule has 0 unspecified atom stereocenters. The van der Waals surface area contributed by atoms with Gasteiger partial charge in [0.15, 0.2) is 10.0 Å². The summed E-state index contributed by atoms with van der Waals surface area (Å²) in [6, 6.07) is 8.41. The first kappa shape index (κ1) is 18.4. The van der Waals surface area contributed by atoms with Crippen LogP contribution < -0.4 is 10.6 Å². The lowest BCUT2D eigenvalue weighted by atomic mass is 10.3. The SMILES string of the molecule is Cc1cc(C(=O)Nc2nnc(SCC(=O)Nc3cccc(Cl)c3)s2)no1. The van der Waals surface area contributed by atoms with E-state index in [9.17, 15) is 9.59 Å². The maximum Gasteiger partial charge on any atom is 0.279 e. The summed E-state index contributed by atoms with van der Waals surface area (Å²) < 4.78 is 5.40. The van der Waals surface area contributed by atoms with E-state index >= 15 is 0 Å². The van der Waals surface area contributed by atoms with E-state index < -0.39 is 5.91 Å². The molecular weight excluding hydrogens is 398 g/mol. The lowest BCUT2D eigenvalue weighted by molar-refractivity contribution is -0.113. The summed E-state index contributed by atoms with van der Waals surface area (Å²) in [6.45, 7) is 1.69. The summed E-state index contributed by atoms with van der Waals surface area (Å²) in [6.07, 6.45) is 0. The predicted molar refractivity (Wildman–Crippen MR) is 99.9 cm³/mol. The van der Waals surface area contributed by atoms with E-state index in [0.29, 0.717) is 25.9 Å². The van der Waals surface area contributed by atoms with Crippen LogP contribution in [0.2, 0.25) is 5.02 Å². The summed E-state index contributed by atoms with van der Waals surface area (Å²) in [5.74, 6) is 0.0520. The number of anilines is 2. The van der Waals surface area contributed by atoms with Gasteiger partial charge in [0.2, 0.25) is 11.0 Å². The molecule has 0 fully saturated rings. The average Bonchev–Trinajstić information content (AvgIpc) is 3.22. The summed E-state index contributed by atoms with van der Waals surface area (Å²) in [5.41, 5.74) is 0.782. The van der Waals surface area contributed by atoms with Crippen LogP contribution in [0.15, 0.2) is 39.2 Å². The van der Waals surface area contributed by atoms with E-state index in [2.05, 4.69) is 26.0 Å². The van der Waals surface area contributed by atoms with E-state index in [0.717, 1.165) is 11.3 Å². The van der Waals surface area contributed by atoms with Crippen LogP contribution in [0.1, 0.15) is 16.2 Å². The zero-order valence-electron chi connectivity index (χ0n) is 13.4. The van der Waals surface area contributed by atoms with E-state index in [1.54, 1.807) is 31.2 Å². The Hall–Kier alpha value is -2.43. The molecule has 134 valence electrons. The second-order valence-corrected chi connectivity index (χ2v) is 7.63. The van der Waals surface area contributed by atoms with E-state index in [-0.39, 0.29) is 17.4 Å². The lowest BCUT2D eigenvalue weighted by Gasteiger charge is -2.04. The number of rotatable bonds is 6. The maximum atomic E-state index is 12.0. The zero-order chi connectivity index (χ0) is 18.5. The number of thioether (sulfide) groups is 1. The monoisotopic (exact) mass is 409 g/mol. The molecule has 0 radical (unpaired) electrons. The van der Waals surface area contributed by atoms with Crippen LogP contribution in [-0.2, 0) is 4.79 Å². The molecule has 0 spiro atoms. The highest BCUT2D eigenvalue weighted by molar-refractivity contribution is 8.01. The van der Waals surface area contributed by atoms with E-state index in [1.807, 2.05) is 0 Å². The Balaban J connectivity index is 1.50. The molecule has 0 aliphatic rings. The predicted octanol–water partition coefficient (Wildman–Crippen LogP) is 3.47. The third kappa shape index (κ3) is 5.04. The van der Waals surface area contributed by atoms with Gasteiger partial charge in [-0.05, 0) is 25.1 Å². The molecule has 8 nitrogen and oxygen atoms in total. The Morgan fingerprint density at radius 1 is 1.27 bits per heavy atom. The minimum atomic E-state index is -0.437. The molecule has 2 aromatic heterocycles. The van der Waals surface area contributed by atoms with E-state index in [4.69, 9.17) is 16.1 Å². The summed E-state index contributed by atoms with van der Waals surface area (Å²) in [5, 5.41) is 17.6. The van der Waals surface area contributed by atoms with Gasteiger partial charge < -0.3 is 9.84 Å². The van der Waals surface area contributed by atoms with Crippen LogP contribution in [0.5, 0.6) is 0 Å². The van der Waals surface area contributed by atoms with Crippen molar-refractivity contribution in [2.75, 3.05) is 16.4 Å². The largest absolute Gasteiger partial charge is 0.361 e. The van der Waals surface area contributed by atoms with Crippen molar-refractivity contribution < 1.29 is 14.1 Å². The van der Waals surface area contributed by atoms with Gasteiger partial charge in [0.25, 0.3) is 5.91 Å². The van der Waals surface area contributed by atoms with Gasteiger partial charge >= 0.3 is 0 Å². The minimum absolute atomic E-state index is 0.150. The fourth-order valence-electron chi connectivity index (χ4n) is 1.84. The normalized spacial score (nSPS) is 10.5. The molecule has 2 amide bonds. The smallest absolute Gasteiger partial charge is 0.279 e. The molecule has 0 aliphatic heterocycles. The fourth-order valence-corrected chi connectivity index (χ4v) is 3.58. The Kier molecular flexibility index (Phi) is 5.86. The molecular formula is C15H12ClN5O3S2. The van der Waals surface area contributed by atoms with Gasteiger partial charge in [0.05, 0.1) is 5.75 Å². The molecule has 26 heavy (non-hydrogen) atoms. The van der Waals surface area contributed by atoms with Gasteiger partial charge in [-0.3, -0.25) is 14.9 Å². The Bertz CT molecular complexity index is 943. The number of hydrogen-bond acceptors (Lipinski definition) is 8. The molecule has 2 heterocycles. The molecule has 1 aromatic carbocycles. The van der Waals surface area contributed by atoms with Crippen molar-refractivity contribution in [2.45, 2.75) is 11.3 Å². The number of hydrogen-bond donors (Lipinski definition) is 2. The average molecular weight is 410 g/mol. The van der Waals surface area contributed by atoms with Gasteiger partial charge in [0.1, 0.15) is 5.76 Å². The van der Waals surface area contributed by atoms with Crippen molar-refractivity contribution in [1.82, 2.24) is 15.4 Å². The number of halogens is 1. The Morgan fingerprint density at radius 3 is 2.85 bits per heavy atom. The highest BCUT2D eigenvalue weighted by atomic mass is 35.5. The first-order valence-electron chi connectivity index (χ1n) is 7.26. The van der Waals surface area contributed by atoms with Crippen LogP contribution in [-0.4, -0.2) is 32.9 Å². The molecule has 3 aromatic rings. The van der Waals surface area contributed by atoms with Gasteiger partial charge in [0, 0.05) is 16.8 Å². The fraction of sp³-hybridized carbons (Fsp3) is 0.133. The molecule has 11 heteroatoms. The summed E-state index contributed by atoms with van der Waals surface area (Å²) >= 11 is 8.25. The van der Waals surface area contributed by atoms with Crippen molar-refractivity contribution in [1.29, 1.82) is 0 Å². The maximum absolute atomic E-state index is 12.0. The van der Waals surface area contributed by atoms with Crippen LogP contribution >= 0.6 is 34.7 Å². The lowest BCUT2D eigenvalue weighted by Crippen LogP contribution is -2.13. The number of amides is 2. The summed E-state index contributed by atoms with van der Waals surface area (Å²) in [4.78, 5) is 23.9. The van der Waals surface area contributed by atoms with Gasteiger partial charge in [-0.2, -0.15) is 0 Å². The molecule has 3 rings (SSSR count). The number of nitrogens with one attached hydrogen (secondary N) is 2. The van der Waals surface area contributed by atoms with E-state index in [1.165, 1.54) is 17.8 Å². The number of aryl methyl sites for hydroxylation is 1. The number of nitrogens with zero attached hydrogens (tertiary/aromatic N) is 3. The molecule has 0 saturated carbocycles. The molecule has 0 atom stereocenters. The molecule has 0 bridgehead atoms. The van der Waals surface area contributed by atoms with Gasteiger partial charge in [-0.25, -0.2) is 0 Å². The highest BCUT2D eigenvalue weighted by Crippen LogP contribution is 2.26. The highest BCUT2D eigenvalue weighted by Gasteiger charge is 2.14. The first-order valence-corrected chi connectivity index (χ1v) is 9.44. The topological polar surface area (TPSA) is 110 Å². The van der Waals surface area contributed by atoms with Crippen LogP contribution in [0.25, 0.3) is 0 Å². The van der Waals surface area contributed by atoms with Crippen LogP contribution in [0, 0.1) is 6.92 Å². The third-order valence-corrected chi connectivity index (χ3v) is 5.13. The van der Waals surface area contributed by atoms with Crippen molar-refractivity contribution in [3.63, 3.8) is 0 Å². The zero-order valence-corrected chi connectivity index (χ0v) is 15.7. The number of carbonyl (C=O) groups is 2. The first-order chi connectivity index (χ1) is 12.5. The Morgan fingerprint density at radius 2 is 2.12 bits per heavy atom. The Labute approximate surface area is 161 Å². The van der Waals surface area contributed by atoms with Crippen molar-refractivity contribution in [2.24, 2.45) is 0 Å². The third-order valence-electron chi connectivity index (χ3n) is 2.92.